The van der Waals surface area contributed by atoms with Gasteiger partial charge in [0.25, 0.3) is 5.91 Å². The Morgan fingerprint density at radius 1 is 1.14 bits per heavy atom. The summed E-state index contributed by atoms with van der Waals surface area (Å²) in [6.45, 7) is 3.76. The first kappa shape index (κ1) is 20.1. The molecule has 150 valence electrons. The lowest BCUT2D eigenvalue weighted by Gasteiger charge is -2.19. The molecular weight excluding hydrogens is 370 g/mol. The van der Waals surface area contributed by atoms with Gasteiger partial charge < -0.3 is 19.4 Å². The Balaban J connectivity index is 1.72. The normalized spacial score (nSPS) is 10.4. The summed E-state index contributed by atoms with van der Waals surface area (Å²) in [6, 6.07) is 16.4. The average Bonchev–Trinajstić information content (AvgIpc) is 3.14. The number of oxazole rings is 1. The number of amides is 2. The molecule has 2 aromatic carbocycles. The lowest BCUT2D eigenvalue weighted by atomic mass is 10.2. The van der Waals surface area contributed by atoms with Gasteiger partial charge in [0.05, 0.1) is 7.11 Å². The fraction of sp³-hybridized carbons (Fsp3) is 0.227. The molecule has 0 fully saturated rings. The van der Waals surface area contributed by atoms with Crippen LogP contribution in [0.25, 0.3) is 11.5 Å². The SMILES string of the molecule is CCN(CC(=O)Nc1cccc(OC)c1)C(=O)c1nc(-c2ccccc2)oc1C. The van der Waals surface area contributed by atoms with Crippen LogP contribution in [0, 0.1) is 6.92 Å². The number of rotatable bonds is 7. The van der Waals surface area contributed by atoms with Crippen molar-refractivity contribution in [1.29, 1.82) is 0 Å². The Labute approximate surface area is 169 Å². The maximum atomic E-state index is 12.9. The van der Waals surface area contributed by atoms with Gasteiger partial charge in [-0.3, -0.25) is 9.59 Å². The van der Waals surface area contributed by atoms with E-state index < -0.39 is 0 Å². The lowest BCUT2D eigenvalue weighted by molar-refractivity contribution is -0.116. The second kappa shape index (κ2) is 9.05. The Hall–Kier alpha value is -3.61. The molecule has 0 saturated carbocycles. The Bertz CT molecular complexity index is 998. The summed E-state index contributed by atoms with van der Waals surface area (Å²) in [7, 11) is 1.56. The van der Waals surface area contributed by atoms with Crippen molar-refractivity contribution in [2.75, 3.05) is 25.5 Å². The summed E-state index contributed by atoms with van der Waals surface area (Å²) in [5.41, 5.74) is 1.59. The van der Waals surface area contributed by atoms with Gasteiger partial charge in [0.2, 0.25) is 11.8 Å². The molecule has 29 heavy (non-hydrogen) atoms. The molecule has 0 unspecified atom stereocenters. The zero-order chi connectivity index (χ0) is 20.8. The molecule has 3 rings (SSSR count). The molecule has 0 aliphatic heterocycles. The predicted molar refractivity (Wildman–Crippen MR) is 110 cm³/mol. The van der Waals surface area contributed by atoms with E-state index in [0.29, 0.717) is 29.6 Å². The van der Waals surface area contributed by atoms with Crippen molar-refractivity contribution in [2.45, 2.75) is 13.8 Å². The Morgan fingerprint density at radius 3 is 2.59 bits per heavy atom. The first-order chi connectivity index (χ1) is 14.0. The number of aryl methyl sites for hydroxylation is 1. The van der Waals surface area contributed by atoms with E-state index in [1.807, 2.05) is 37.3 Å². The second-order valence-corrected chi connectivity index (χ2v) is 6.39. The fourth-order valence-corrected chi connectivity index (χ4v) is 2.85. The molecule has 7 heteroatoms. The highest BCUT2D eigenvalue weighted by Gasteiger charge is 2.24. The number of aromatic nitrogens is 1. The van der Waals surface area contributed by atoms with Crippen molar-refractivity contribution >= 4 is 17.5 Å². The summed E-state index contributed by atoms with van der Waals surface area (Å²) in [6.07, 6.45) is 0. The highest BCUT2D eigenvalue weighted by atomic mass is 16.5. The van der Waals surface area contributed by atoms with Crippen molar-refractivity contribution < 1.29 is 18.7 Å². The van der Waals surface area contributed by atoms with Crippen molar-refractivity contribution in [2.24, 2.45) is 0 Å². The first-order valence-corrected chi connectivity index (χ1v) is 9.27. The molecule has 0 spiro atoms. The van der Waals surface area contributed by atoms with Crippen LogP contribution in [0.4, 0.5) is 5.69 Å². The maximum Gasteiger partial charge on any atom is 0.276 e. The monoisotopic (exact) mass is 393 g/mol. The number of benzene rings is 2. The third-order valence-corrected chi connectivity index (χ3v) is 4.38. The minimum absolute atomic E-state index is 0.0977. The molecule has 1 aromatic heterocycles. The predicted octanol–water partition coefficient (Wildman–Crippen LogP) is 3.76. The molecule has 0 bridgehead atoms. The van der Waals surface area contributed by atoms with E-state index in [1.165, 1.54) is 4.90 Å². The molecule has 0 saturated heterocycles. The number of methoxy groups -OCH3 is 1. The Morgan fingerprint density at radius 2 is 1.90 bits per heavy atom. The number of hydrogen-bond acceptors (Lipinski definition) is 5. The van der Waals surface area contributed by atoms with Crippen molar-refractivity contribution in [3.63, 3.8) is 0 Å². The molecule has 1 N–H and O–H groups in total. The minimum Gasteiger partial charge on any atom is -0.497 e. The topological polar surface area (TPSA) is 84.7 Å². The molecule has 2 amide bonds. The third kappa shape index (κ3) is 4.82. The van der Waals surface area contributed by atoms with Gasteiger partial charge >= 0.3 is 0 Å². The van der Waals surface area contributed by atoms with E-state index in [0.717, 1.165) is 5.56 Å². The fourth-order valence-electron chi connectivity index (χ4n) is 2.85. The first-order valence-electron chi connectivity index (χ1n) is 9.27. The number of ether oxygens (including phenoxy) is 1. The molecular formula is C22H23N3O4. The maximum absolute atomic E-state index is 12.9. The van der Waals surface area contributed by atoms with Crippen molar-refractivity contribution in [1.82, 2.24) is 9.88 Å². The summed E-state index contributed by atoms with van der Waals surface area (Å²) in [4.78, 5) is 31.2. The number of anilines is 1. The van der Waals surface area contributed by atoms with Crippen LogP contribution < -0.4 is 10.1 Å². The van der Waals surface area contributed by atoms with Gasteiger partial charge in [0, 0.05) is 23.9 Å². The van der Waals surface area contributed by atoms with Crippen LogP contribution in [0.3, 0.4) is 0 Å². The zero-order valence-electron chi connectivity index (χ0n) is 16.6. The summed E-state index contributed by atoms with van der Waals surface area (Å²) in [5, 5.41) is 2.78. The van der Waals surface area contributed by atoms with Gasteiger partial charge in [-0.2, -0.15) is 0 Å². The molecule has 0 aliphatic carbocycles. The minimum atomic E-state index is -0.350. The van der Waals surface area contributed by atoms with E-state index in [1.54, 1.807) is 38.3 Å². The largest absolute Gasteiger partial charge is 0.497 e. The van der Waals surface area contributed by atoms with E-state index in [-0.39, 0.29) is 24.1 Å². The standard InChI is InChI=1S/C22H23N3O4/c1-4-25(14-19(26)23-17-11-8-12-18(13-17)28-3)22(27)20-15(2)29-21(24-20)16-9-6-5-7-10-16/h5-13H,4,14H2,1-3H3,(H,23,26). The van der Waals surface area contributed by atoms with E-state index in [4.69, 9.17) is 9.15 Å². The molecule has 3 aromatic rings. The Kier molecular flexibility index (Phi) is 6.29. The van der Waals surface area contributed by atoms with E-state index in [2.05, 4.69) is 10.3 Å². The van der Waals surface area contributed by atoms with Gasteiger partial charge in [-0.25, -0.2) is 4.98 Å². The van der Waals surface area contributed by atoms with Gasteiger partial charge in [-0.1, -0.05) is 24.3 Å². The van der Waals surface area contributed by atoms with Gasteiger partial charge in [0.1, 0.15) is 18.1 Å². The number of nitrogens with one attached hydrogen (secondary N) is 1. The molecule has 1 heterocycles. The van der Waals surface area contributed by atoms with Crippen LogP contribution in [-0.2, 0) is 4.79 Å². The quantitative estimate of drug-likeness (QED) is 0.661. The highest BCUT2D eigenvalue weighted by Crippen LogP contribution is 2.22. The summed E-state index contributed by atoms with van der Waals surface area (Å²) < 4.78 is 10.8. The number of carbonyl (C=O) groups excluding carboxylic acids is 2. The number of nitrogens with zero attached hydrogens (tertiary/aromatic N) is 2. The van der Waals surface area contributed by atoms with Crippen LogP contribution in [0.15, 0.2) is 59.0 Å². The van der Waals surface area contributed by atoms with Crippen LogP contribution in [0.2, 0.25) is 0 Å². The lowest BCUT2D eigenvalue weighted by Crippen LogP contribution is -2.38. The van der Waals surface area contributed by atoms with Crippen molar-refractivity contribution in [3.05, 3.63) is 66.1 Å². The second-order valence-electron chi connectivity index (χ2n) is 6.39. The average molecular weight is 393 g/mol. The zero-order valence-corrected chi connectivity index (χ0v) is 16.6. The van der Waals surface area contributed by atoms with Crippen LogP contribution >= 0.6 is 0 Å². The smallest absolute Gasteiger partial charge is 0.276 e. The van der Waals surface area contributed by atoms with Crippen LogP contribution in [0.1, 0.15) is 23.2 Å². The van der Waals surface area contributed by atoms with Gasteiger partial charge in [0.15, 0.2) is 5.69 Å². The molecule has 0 radical (unpaired) electrons. The molecule has 0 aliphatic rings. The van der Waals surface area contributed by atoms with Crippen LogP contribution in [-0.4, -0.2) is 41.9 Å². The summed E-state index contributed by atoms with van der Waals surface area (Å²) >= 11 is 0. The number of carbonyl (C=O) groups is 2. The summed E-state index contributed by atoms with van der Waals surface area (Å²) in [5.74, 6) is 0.774. The van der Waals surface area contributed by atoms with Crippen molar-refractivity contribution in [3.8, 4) is 17.2 Å². The van der Waals surface area contributed by atoms with Gasteiger partial charge in [-0.15, -0.1) is 0 Å². The van der Waals surface area contributed by atoms with E-state index in [9.17, 15) is 9.59 Å². The van der Waals surface area contributed by atoms with E-state index >= 15 is 0 Å². The third-order valence-electron chi connectivity index (χ3n) is 4.38. The number of likely N-dealkylation sites (N-methyl/N-ethyl adjacent to an activating group) is 1. The molecule has 0 atom stereocenters. The van der Waals surface area contributed by atoms with Gasteiger partial charge in [-0.05, 0) is 38.1 Å². The van der Waals surface area contributed by atoms with Crippen LogP contribution in [0.5, 0.6) is 5.75 Å². The highest BCUT2D eigenvalue weighted by molar-refractivity contribution is 5.99. The molecule has 7 nitrogen and oxygen atoms in total. The number of hydrogen-bond donors (Lipinski definition) is 1.